The van der Waals surface area contributed by atoms with Crippen LogP contribution in [0, 0.1) is 11.3 Å². The van der Waals surface area contributed by atoms with E-state index in [4.69, 9.17) is 18.0 Å². The number of amides is 1. The van der Waals surface area contributed by atoms with E-state index in [9.17, 15) is 4.79 Å². The largest absolute Gasteiger partial charge is 0.392 e. The van der Waals surface area contributed by atoms with Gasteiger partial charge in [-0.1, -0.05) is 18.6 Å². The Labute approximate surface area is 108 Å². The summed E-state index contributed by atoms with van der Waals surface area (Å²) in [7, 11) is 0. The number of carbonyl (C=O) groups is 1. The van der Waals surface area contributed by atoms with Crippen LogP contribution in [0.15, 0.2) is 0 Å². The maximum Gasteiger partial charge on any atom is 0.235 e. The van der Waals surface area contributed by atoms with Crippen molar-refractivity contribution < 1.29 is 4.79 Å². The van der Waals surface area contributed by atoms with E-state index in [1.807, 2.05) is 0 Å². The van der Waals surface area contributed by atoms with E-state index in [1.165, 1.54) is 25.7 Å². The average molecular weight is 252 g/mol. The zero-order valence-electron chi connectivity index (χ0n) is 10.2. The molecule has 0 radical (unpaired) electrons. The molecule has 0 aromatic heterocycles. The Balaban J connectivity index is 1.75. The molecule has 0 unspecified atom stereocenters. The molecule has 0 aliphatic heterocycles. The molecule has 3 rings (SSSR count). The molecule has 0 bridgehead atoms. The Bertz CT molecular complexity index is 356. The zero-order chi connectivity index (χ0) is 12.0. The Hall–Kier alpha value is -0.640. The van der Waals surface area contributed by atoms with Crippen molar-refractivity contribution in [2.75, 3.05) is 6.54 Å². The molecule has 0 aromatic carbocycles. The number of nitrogens with two attached hydrogens (primary N) is 1. The summed E-state index contributed by atoms with van der Waals surface area (Å²) in [5.41, 5.74) is 5.36. The van der Waals surface area contributed by atoms with Gasteiger partial charge < -0.3 is 10.6 Å². The lowest BCUT2D eigenvalue weighted by Gasteiger charge is -2.43. The number of carbonyl (C=O) groups excluding carboxylic acids is 1. The predicted molar refractivity (Wildman–Crippen MR) is 70.5 cm³/mol. The third-order valence-corrected chi connectivity index (χ3v) is 4.88. The number of nitrogens with zero attached hydrogens (tertiary/aromatic N) is 1. The van der Waals surface area contributed by atoms with Crippen LogP contribution in [-0.4, -0.2) is 28.4 Å². The predicted octanol–water partition coefficient (Wildman–Crippen LogP) is 1.84. The monoisotopic (exact) mass is 252 g/mol. The summed E-state index contributed by atoms with van der Waals surface area (Å²) < 4.78 is 0. The lowest BCUT2D eigenvalue weighted by atomic mass is 9.67. The van der Waals surface area contributed by atoms with Gasteiger partial charge in [-0.2, -0.15) is 0 Å². The molecule has 0 saturated heterocycles. The average Bonchev–Trinajstić information content (AvgIpc) is 3.05. The fourth-order valence-electron chi connectivity index (χ4n) is 2.73. The van der Waals surface area contributed by atoms with Gasteiger partial charge in [0.05, 0.1) is 10.4 Å². The lowest BCUT2D eigenvalue weighted by Crippen LogP contribution is -2.55. The van der Waals surface area contributed by atoms with Crippen LogP contribution in [-0.2, 0) is 4.79 Å². The Morgan fingerprint density at radius 2 is 1.94 bits per heavy atom. The van der Waals surface area contributed by atoms with E-state index >= 15 is 0 Å². The van der Waals surface area contributed by atoms with Gasteiger partial charge in [-0.15, -0.1) is 0 Å². The summed E-state index contributed by atoms with van der Waals surface area (Å²) in [6, 6.07) is 0.495. The summed E-state index contributed by atoms with van der Waals surface area (Å²) in [6.07, 6.45) is 7.75. The quantitative estimate of drug-likeness (QED) is 0.760. The van der Waals surface area contributed by atoms with Crippen molar-refractivity contribution in [1.82, 2.24) is 4.90 Å². The second-order valence-electron chi connectivity index (χ2n) is 5.93. The van der Waals surface area contributed by atoms with Crippen LogP contribution in [0.1, 0.15) is 44.9 Å². The van der Waals surface area contributed by atoms with Gasteiger partial charge >= 0.3 is 0 Å². The maximum absolute atomic E-state index is 12.7. The minimum atomic E-state index is -0.465. The van der Waals surface area contributed by atoms with Gasteiger partial charge in [-0.3, -0.25) is 4.79 Å². The SMILES string of the molecule is NC(=S)C1(C(=O)N(CC2CC2)C2CC2)CCC1. The highest BCUT2D eigenvalue weighted by atomic mass is 32.1. The van der Waals surface area contributed by atoms with Crippen LogP contribution in [0.3, 0.4) is 0 Å². The molecule has 0 spiro atoms. The molecule has 0 atom stereocenters. The second-order valence-corrected chi connectivity index (χ2v) is 6.37. The molecule has 2 N–H and O–H groups in total. The second kappa shape index (κ2) is 3.94. The van der Waals surface area contributed by atoms with E-state index in [-0.39, 0.29) is 5.91 Å². The topological polar surface area (TPSA) is 46.3 Å². The van der Waals surface area contributed by atoms with Gasteiger partial charge in [-0.25, -0.2) is 0 Å². The van der Waals surface area contributed by atoms with Gasteiger partial charge in [-0.05, 0) is 44.4 Å². The number of hydrogen-bond donors (Lipinski definition) is 1. The van der Waals surface area contributed by atoms with Crippen molar-refractivity contribution in [3.8, 4) is 0 Å². The number of hydrogen-bond acceptors (Lipinski definition) is 2. The van der Waals surface area contributed by atoms with Crippen molar-refractivity contribution >= 4 is 23.1 Å². The van der Waals surface area contributed by atoms with E-state index in [1.54, 1.807) is 0 Å². The van der Waals surface area contributed by atoms with Gasteiger partial charge in [0.25, 0.3) is 0 Å². The normalized spacial score (nSPS) is 26.1. The van der Waals surface area contributed by atoms with Crippen LogP contribution >= 0.6 is 12.2 Å². The van der Waals surface area contributed by atoms with Crippen molar-refractivity contribution in [2.24, 2.45) is 17.1 Å². The summed E-state index contributed by atoms with van der Waals surface area (Å²) in [4.78, 5) is 15.2. The van der Waals surface area contributed by atoms with Gasteiger partial charge in [0, 0.05) is 12.6 Å². The van der Waals surface area contributed by atoms with E-state index in [0.717, 1.165) is 31.7 Å². The minimum absolute atomic E-state index is 0.241. The summed E-state index contributed by atoms with van der Waals surface area (Å²) in [5.74, 6) is 0.994. The van der Waals surface area contributed by atoms with Crippen LogP contribution < -0.4 is 5.73 Å². The third-order valence-electron chi connectivity index (χ3n) is 4.49. The van der Waals surface area contributed by atoms with Crippen molar-refractivity contribution in [1.29, 1.82) is 0 Å². The van der Waals surface area contributed by atoms with Crippen molar-refractivity contribution in [2.45, 2.75) is 51.0 Å². The van der Waals surface area contributed by atoms with Crippen LogP contribution in [0.4, 0.5) is 0 Å². The van der Waals surface area contributed by atoms with Gasteiger partial charge in [0.15, 0.2) is 0 Å². The molecule has 3 aliphatic carbocycles. The molecule has 0 aromatic rings. The Morgan fingerprint density at radius 3 is 2.29 bits per heavy atom. The van der Waals surface area contributed by atoms with Gasteiger partial charge in [0.1, 0.15) is 0 Å². The molecule has 94 valence electrons. The maximum atomic E-state index is 12.7. The minimum Gasteiger partial charge on any atom is -0.392 e. The molecular weight excluding hydrogens is 232 g/mol. The molecule has 4 heteroatoms. The highest BCUT2D eigenvalue weighted by Crippen LogP contribution is 2.46. The summed E-state index contributed by atoms with van der Waals surface area (Å²) in [5, 5.41) is 0. The smallest absolute Gasteiger partial charge is 0.235 e. The fraction of sp³-hybridized carbons (Fsp3) is 0.846. The van der Waals surface area contributed by atoms with Crippen LogP contribution in [0.2, 0.25) is 0 Å². The molecular formula is C13H20N2OS. The lowest BCUT2D eigenvalue weighted by molar-refractivity contribution is -0.142. The molecule has 3 saturated carbocycles. The standard InChI is InChI=1S/C13H20N2OS/c14-11(17)13(6-1-7-13)12(16)15(10-4-5-10)8-9-2-3-9/h9-10H,1-8H2,(H2,14,17). The van der Waals surface area contributed by atoms with Crippen molar-refractivity contribution in [3.05, 3.63) is 0 Å². The highest BCUT2D eigenvalue weighted by Gasteiger charge is 2.51. The fourth-order valence-corrected chi connectivity index (χ4v) is 3.02. The van der Waals surface area contributed by atoms with E-state index in [0.29, 0.717) is 11.0 Å². The number of thiocarbonyl (C=S) groups is 1. The molecule has 3 fully saturated rings. The summed E-state index contributed by atoms with van der Waals surface area (Å²) >= 11 is 5.14. The van der Waals surface area contributed by atoms with Crippen molar-refractivity contribution in [3.63, 3.8) is 0 Å². The van der Waals surface area contributed by atoms with Gasteiger partial charge in [0.2, 0.25) is 5.91 Å². The van der Waals surface area contributed by atoms with E-state index in [2.05, 4.69) is 4.90 Å². The summed E-state index contributed by atoms with van der Waals surface area (Å²) in [6.45, 7) is 0.952. The molecule has 0 heterocycles. The highest BCUT2D eigenvalue weighted by molar-refractivity contribution is 7.80. The molecule has 17 heavy (non-hydrogen) atoms. The third kappa shape index (κ3) is 1.96. The van der Waals surface area contributed by atoms with Crippen LogP contribution in [0.25, 0.3) is 0 Å². The Kier molecular flexibility index (Phi) is 2.65. The first-order valence-corrected chi connectivity index (χ1v) is 7.15. The molecule has 3 aliphatic rings. The first-order valence-electron chi connectivity index (χ1n) is 6.74. The van der Waals surface area contributed by atoms with E-state index < -0.39 is 5.41 Å². The molecule has 3 nitrogen and oxygen atoms in total. The first-order chi connectivity index (χ1) is 8.13. The first kappa shape index (κ1) is 11.5. The van der Waals surface area contributed by atoms with Crippen LogP contribution in [0.5, 0.6) is 0 Å². The zero-order valence-corrected chi connectivity index (χ0v) is 11.0. The molecule has 1 amide bonds. The Morgan fingerprint density at radius 1 is 1.29 bits per heavy atom. The number of rotatable bonds is 5.